The molecular weight excluding hydrogens is 240 g/mol. The number of carbonyl (C=O) groups excluding carboxylic acids is 2. The van der Waals surface area contributed by atoms with Gasteiger partial charge in [-0.05, 0) is 17.7 Å². The summed E-state index contributed by atoms with van der Waals surface area (Å²) in [6, 6.07) is 16.3. The predicted octanol–water partition coefficient (Wildman–Crippen LogP) is 3.04. The van der Waals surface area contributed by atoms with Crippen molar-refractivity contribution >= 4 is 11.8 Å². The van der Waals surface area contributed by atoms with Gasteiger partial charge in [-0.3, -0.25) is 9.59 Å². The largest absolute Gasteiger partial charge is 0.426 e. The van der Waals surface area contributed by atoms with Gasteiger partial charge >= 0.3 is 5.97 Å². The van der Waals surface area contributed by atoms with Gasteiger partial charge in [-0.15, -0.1) is 0 Å². The van der Waals surface area contributed by atoms with Crippen molar-refractivity contribution in [2.24, 2.45) is 0 Å². The van der Waals surface area contributed by atoms with Gasteiger partial charge in [0.2, 0.25) is 0 Å². The van der Waals surface area contributed by atoms with Crippen molar-refractivity contribution in [1.82, 2.24) is 0 Å². The summed E-state index contributed by atoms with van der Waals surface area (Å²) < 4.78 is 5.04. The van der Waals surface area contributed by atoms with Crippen LogP contribution in [0.15, 0.2) is 54.6 Å². The Balaban J connectivity index is 2.21. The third-order valence-electron chi connectivity index (χ3n) is 2.65. The van der Waals surface area contributed by atoms with E-state index in [1.165, 1.54) is 6.92 Å². The molecule has 0 unspecified atom stereocenters. The molecule has 0 N–H and O–H groups in total. The van der Waals surface area contributed by atoms with Gasteiger partial charge in [-0.25, -0.2) is 0 Å². The van der Waals surface area contributed by atoms with Crippen LogP contribution >= 0.6 is 0 Å². The highest BCUT2D eigenvalue weighted by molar-refractivity contribution is 6.00. The van der Waals surface area contributed by atoms with Gasteiger partial charge < -0.3 is 4.74 Å². The minimum absolute atomic E-state index is 0.0666. The van der Waals surface area contributed by atoms with Crippen LogP contribution in [0, 0.1) is 0 Å². The minimum Gasteiger partial charge on any atom is -0.426 e. The Labute approximate surface area is 111 Å². The van der Waals surface area contributed by atoms with Crippen molar-refractivity contribution in [1.29, 1.82) is 0 Å². The lowest BCUT2D eigenvalue weighted by Crippen LogP contribution is -2.09. The van der Waals surface area contributed by atoms with Crippen LogP contribution in [0.1, 0.15) is 22.8 Å². The maximum atomic E-state index is 12.2. The fourth-order valence-electron chi connectivity index (χ4n) is 1.82. The summed E-state index contributed by atoms with van der Waals surface area (Å²) in [7, 11) is 0. The molecule has 96 valence electrons. The van der Waals surface area contributed by atoms with Crippen molar-refractivity contribution in [2.45, 2.75) is 13.3 Å². The molecule has 0 saturated carbocycles. The van der Waals surface area contributed by atoms with E-state index in [1.54, 1.807) is 24.3 Å². The molecule has 0 atom stereocenters. The molecule has 19 heavy (non-hydrogen) atoms. The molecule has 0 bridgehead atoms. The molecule has 2 aromatic carbocycles. The van der Waals surface area contributed by atoms with E-state index in [2.05, 4.69) is 0 Å². The monoisotopic (exact) mass is 254 g/mol. The van der Waals surface area contributed by atoms with Gasteiger partial charge in [0.15, 0.2) is 5.78 Å². The zero-order valence-electron chi connectivity index (χ0n) is 10.6. The lowest BCUT2D eigenvalue weighted by molar-refractivity contribution is -0.131. The van der Waals surface area contributed by atoms with Gasteiger partial charge in [0, 0.05) is 13.3 Å². The molecule has 0 saturated heterocycles. The molecule has 2 aromatic rings. The average molecular weight is 254 g/mol. The van der Waals surface area contributed by atoms with E-state index in [4.69, 9.17) is 4.74 Å². The van der Waals surface area contributed by atoms with Crippen molar-refractivity contribution in [3.05, 3.63) is 65.7 Å². The molecule has 0 aliphatic rings. The molecule has 0 spiro atoms. The second-order valence-corrected chi connectivity index (χ2v) is 4.18. The third kappa shape index (κ3) is 3.52. The number of ketones is 1. The van der Waals surface area contributed by atoms with Crippen molar-refractivity contribution in [3.63, 3.8) is 0 Å². The van der Waals surface area contributed by atoms with Gasteiger partial charge in [0.05, 0.1) is 5.56 Å². The number of ether oxygens (including phenoxy) is 1. The quantitative estimate of drug-likeness (QED) is 0.478. The standard InChI is InChI=1S/C16H14O3/c1-12(17)19-16-10-6-5-9-14(16)15(18)11-13-7-3-2-4-8-13/h2-10H,11H2,1H3. The molecule has 0 fully saturated rings. The Morgan fingerprint density at radius 3 is 2.26 bits per heavy atom. The molecule has 0 amide bonds. The summed E-state index contributed by atoms with van der Waals surface area (Å²) in [5, 5.41) is 0. The Morgan fingerprint density at radius 2 is 1.58 bits per heavy atom. The van der Waals surface area contributed by atoms with Crippen LogP contribution in [-0.2, 0) is 11.2 Å². The first kappa shape index (κ1) is 13.0. The summed E-state index contributed by atoms with van der Waals surface area (Å²) in [5.74, 6) is -0.182. The van der Waals surface area contributed by atoms with Gasteiger partial charge in [0.25, 0.3) is 0 Å². The molecular formula is C16H14O3. The zero-order valence-corrected chi connectivity index (χ0v) is 10.6. The van der Waals surface area contributed by atoms with Crippen LogP contribution in [0.3, 0.4) is 0 Å². The highest BCUT2D eigenvalue weighted by Crippen LogP contribution is 2.20. The lowest BCUT2D eigenvalue weighted by Gasteiger charge is -2.07. The molecule has 2 rings (SSSR count). The molecule has 3 nitrogen and oxygen atoms in total. The van der Waals surface area contributed by atoms with Gasteiger partial charge in [0.1, 0.15) is 5.75 Å². The van der Waals surface area contributed by atoms with E-state index in [0.717, 1.165) is 5.56 Å². The average Bonchev–Trinajstić information content (AvgIpc) is 2.39. The number of hydrogen-bond donors (Lipinski definition) is 0. The van der Waals surface area contributed by atoms with E-state index in [-0.39, 0.29) is 5.78 Å². The first-order valence-electron chi connectivity index (χ1n) is 6.01. The molecule has 0 aliphatic carbocycles. The summed E-state index contributed by atoms with van der Waals surface area (Å²) in [4.78, 5) is 23.2. The number of para-hydroxylation sites is 1. The highest BCUT2D eigenvalue weighted by atomic mass is 16.5. The summed E-state index contributed by atoms with van der Waals surface area (Å²) in [5.41, 5.74) is 1.37. The maximum absolute atomic E-state index is 12.2. The Morgan fingerprint density at radius 1 is 0.947 bits per heavy atom. The summed E-state index contributed by atoms with van der Waals surface area (Å²) in [6.45, 7) is 1.32. The first-order valence-corrected chi connectivity index (χ1v) is 6.01. The van der Waals surface area contributed by atoms with Crippen molar-refractivity contribution in [2.75, 3.05) is 0 Å². The second kappa shape index (κ2) is 5.96. The topological polar surface area (TPSA) is 43.4 Å². The number of benzene rings is 2. The van der Waals surface area contributed by atoms with E-state index in [0.29, 0.717) is 17.7 Å². The van der Waals surface area contributed by atoms with Crippen LogP contribution in [0.2, 0.25) is 0 Å². The fourth-order valence-corrected chi connectivity index (χ4v) is 1.82. The minimum atomic E-state index is -0.431. The number of rotatable bonds is 4. The molecule has 0 radical (unpaired) electrons. The molecule has 0 aromatic heterocycles. The van der Waals surface area contributed by atoms with E-state index < -0.39 is 5.97 Å². The smallest absolute Gasteiger partial charge is 0.308 e. The molecule has 0 heterocycles. The zero-order chi connectivity index (χ0) is 13.7. The highest BCUT2D eigenvalue weighted by Gasteiger charge is 2.13. The summed E-state index contributed by atoms with van der Waals surface area (Å²) in [6.07, 6.45) is 0.291. The number of carbonyl (C=O) groups is 2. The Bertz CT molecular complexity index is 588. The normalized spacial score (nSPS) is 9.95. The third-order valence-corrected chi connectivity index (χ3v) is 2.65. The molecule has 3 heteroatoms. The van der Waals surface area contributed by atoms with Crippen LogP contribution in [0.5, 0.6) is 5.75 Å². The summed E-state index contributed by atoms with van der Waals surface area (Å²) >= 11 is 0. The van der Waals surface area contributed by atoms with E-state index >= 15 is 0 Å². The van der Waals surface area contributed by atoms with Gasteiger partial charge in [-0.2, -0.15) is 0 Å². The van der Waals surface area contributed by atoms with Crippen molar-refractivity contribution in [3.8, 4) is 5.75 Å². The van der Waals surface area contributed by atoms with Crippen LogP contribution in [0.25, 0.3) is 0 Å². The second-order valence-electron chi connectivity index (χ2n) is 4.18. The Kier molecular flexibility index (Phi) is 4.08. The number of esters is 1. The maximum Gasteiger partial charge on any atom is 0.308 e. The SMILES string of the molecule is CC(=O)Oc1ccccc1C(=O)Cc1ccccc1. The number of Topliss-reactive ketones (excluding diaryl/α,β-unsaturated/α-hetero) is 1. The first-order chi connectivity index (χ1) is 9.16. The lowest BCUT2D eigenvalue weighted by atomic mass is 10.0. The van der Waals surface area contributed by atoms with Crippen LogP contribution in [-0.4, -0.2) is 11.8 Å². The van der Waals surface area contributed by atoms with E-state index in [9.17, 15) is 9.59 Å². The van der Waals surface area contributed by atoms with Crippen LogP contribution < -0.4 is 4.74 Å². The Hall–Kier alpha value is -2.42. The fraction of sp³-hybridized carbons (Fsp3) is 0.125. The number of hydrogen-bond acceptors (Lipinski definition) is 3. The predicted molar refractivity (Wildman–Crippen MR) is 72.2 cm³/mol. The van der Waals surface area contributed by atoms with Gasteiger partial charge in [-0.1, -0.05) is 42.5 Å². The van der Waals surface area contributed by atoms with Crippen molar-refractivity contribution < 1.29 is 14.3 Å². The van der Waals surface area contributed by atoms with E-state index in [1.807, 2.05) is 30.3 Å². The molecule has 0 aliphatic heterocycles. The van der Waals surface area contributed by atoms with Crippen LogP contribution in [0.4, 0.5) is 0 Å².